The van der Waals surface area contributed by atoms with E-state index in [1.165, 1.54) is 12.1 Å². The molecular weight excluding hydrogens is 220 g/mol. The standard InChI is InChI=1S/C9H12O5S/c1-8-2-4-9(5-3-8)15(11,12)14-13-7-6-10/h2-5,10H,6-7H2,1H3. The molecular formula is C9H12O5S. The van der Waals surface area contributed by atoms with Crippen LogP contribution < -0.4 is 0 Å². The predicted octanol–water partition coefficient (Wildman–Crippen LogP) is 0.624. The molecule has 1 N–H and O–H groups in total. The third-order valence-electron chi connectivity index (χ3n) is 1.62. The molecule has 0 heterocycles. The molecule has 84 valence electrons. The maximum atomic E-state index is 11.4. The maximum absolute atomic E-state index is 11.4. The van der Waals surface area contributed by atoms with E-state index in [1.807, 2.05) is 6.92 Å². The molecule has 0 aromatic heterocycles. The van der Waals surface area contributed by atoms with E-state index in [2.05, 4.69) is 9.22 Å². The first kappa shape index (κ1) is 12.1. The van der Waals surface area contributed by atoms with Crippen molar-refractivity contribution in [3.8, 4) is 0 Å². The van der Waals surface area contributed by atoms with E-state index < -0.39 is 10.1 Å². The Labute approximate surface area is 88.3 Å². The monoisotopic (exact) mass is 232 g/mol. The summed E-state index contributed by atoms with van der Waals surface area (Å²) in [6.45, 7) is 1.36. The Kier molecular flexibility index (Phi) is 4.22. The van der Waals surface area contributed by atoms with Crippen LogP contribution in [0.25, 0.3) is 0 Å². The largest absolute Gasteiger partial charge is 0.394 e. The van der Waals surface area contributed by atoms with Gasteiger partial charge in [0.15, 0.2) is 0 Å². The zero-order chi connectivity index (χ0) is 11.3. The van der Waals surface area contributed by atoms with E-state index in [1.54, 1.807) is 12.1 Å². The molecule has 0 bridgehead atoms. The molecule has 0 aliphatic heterocycles. The number of hydrogen-bond donors (Lipinski definition) is 1. The fourth-order valence-electron chi connectivity index (χ4n) is 0.879. The van der Waals surface area contributed by atoms with Crippen LogP contribution in [-0.2, 0) is 19.3 Å². The summed E-state index contributed by atoms with van der Waals surface area (Å²) in [5.74, 6) is 0. The Bertz CT molecular complexity index is 395. The summed E-state index contributed by atoms with van der Waals surface area (Å²) < 4.78 is 27.0. The highest BCUT2D eigenvalue weighted by Crippen LogP contribution is 2.13. The van der Waals surface area contributed by atoms with Gasteiger partial charge in [0.2, 0.25) is 0 Å². The average molecular weight is 232 g/mol. The average Bonchev–Trinajstić information content (AvgIpc) is 2.18. The number of aryl methyl sites for hydroxylation is 1. The highest BCUT2D eigenvalue weighted by Gasteiger charge is 2.15. The quantitative estimate of drug-likeness (QED) is 0.458. The lowest BCUT2D eigenvalue weighted by atomic mass is 10.2. The Morgan fingerprint density at radius 1 is 1.27 bits per heavy atom. The lowest BCUT2D eigenvalue weighted by Crippen LogP contribution is -2.09. The van der Waals surface area contributed by atoms with Crippen LogP contribution in [0.1, 0.15) is 5.56 Å². The Balaban J connectivity index is 2.73. The molecule has 0 aliphatic rings. The van der Waals surface area contributed by atoms with Crippen LogP contribution in [0.4, 0.5) is 0 Å². The van der Waals surface area contributed by atoms with Gasteiger partial charge in [0.25, 0.3) is 0 Å². The van der Waals surface area contributed by atoms with Gasteiger partial charge < -0.3 is 5.11 Å². The van der Waals surface area contributed by atoms with Crippen molar-refractivity contribution in [2.24, 2.45) is 0 Å². The molecule has 0 radical (unpaired) electrons. The van der Waals surface area contributed by atoms with Crippen molar-refractivity contribution in [2.75, 3.05) is 13.2 Å². The summed E-state index contributed by atoms with van der Waals surface area (Å²) in [4.78, 5) is 4.31. The maximum Gasteiger partial charge on any atom is 0.323 e. The highest BCUT2D eigenvalue weighted by molar-refractivity contribution is 7.86. The molecule has 0 saturated heterocycles. The van der Waals surface area contributed by atoms with Crippen molar-refractivity contribution in [3.05, 3.63) is 29.8 Å². The summed E-state index contributed by atoms with van der Waals surface area (Å²) in [7, 11) is -3.88. The smallest absolute Gasteiger partial charge is 0.323 e. The van der Waals surface area contributed by atoms with Crippen molar-refractivity contribution >= 4 is 10.1 Å². The molecule has 0 saturated carbocycles. The van der Waals surface area contributed by atoms with E-state index in [9.17, 15) is 8.42 Å². The minimum atomic E-state index is -3.88. The summed E-state index contributed by atoms with van der Waals surface area (Å²) in [5, 5.41) is 8.37. The Morgan fingerprint density at radius 2 is 1.87 bits per heavy atom. The van der Waals surface area contributed by atoms with E-state index in [4.69, 9.17) is 5.11 Å². The van der Waals surface area contributed by atoms with Gasteiger partial charge in [-0.05, 0) is 19.1 Å². The van der Waals surface area contributed by atoms with Crippen molar-refractivity contribution in [2.45, 2.75) is 11.8 Å². The van der Waals surface area contributed by atoms with Crippen LogP contribution in [0.15, 0.2) is 29.2 Å². The molecule has 6 heteroatoms. The van der Waals surface area contributed by atoms with Gasteiger partial charge in [0.05, 0.1) is 11.5 Å². The molecule has 0 amide bonds. The van der Waals surface area contributed by atoms with E-state index in [0.29, 0.717) is 0 Å². The number of hydrogen-bond acceptors (Lipinski definition) is 5. The minimum absolute atomic E-state index is 0.0195. The normalized spacial score (nSPS) is 11.6. The van der Waals surface area contributed by atoms with Gasteiger partial charge in [-0.25, -0.2) is 4.89 Å². The first-order valence-electron chi connectivity index (χ1n) is 4.30. The lowest BCUT2D eigenvalue weighted by molar-refractivity contribution is -0.207. The zero-order valence-corrected chi connectivity index (χ0v) is 9.03. The minimum Gasteiger partial charge on any atom is -0.394 e. The first-order valence-corrected chi connectivity index (χ1v) is 5.71. The van der Waals surface area contributed by atoms with Crippen LogP contribution in [-0.4, -0.2) is 26.7 Å². The predicted molar refractivity (Wildman–Crippen MR) is 52.5 cm³/mol. The van der Waals surface area contributed by atoms with Gasteiger partial charge in [-0.15, -0.1) is 4.33 Å². The third-order valence-corrected chi connectivity index (χ3v) is 2.75. The summed E-state index contributed by atoms with van der Waals surface area (Å²) in [5.41, 5.74) is 0.949. The van der Waals surface area contributed by atoms with E-state index >= 15 is 0 Å². The van der Waals surface area contributed by atoms with Crippen molar-refractivity contribution in [1.29, 1.82) is 0 Å². The van der Waals surface area contributed by atoms with Gasteiger partial charge >= 0.3 is 10.1 Å². The van der Waals surface area contributed by atoms with E-state index in [-0.39, 0.29) is 18.1 Å². The van der Waals surface area contributed by atoms with Gasteiger partial charge in [-0.3, -0.25) is 0 Å². The molecule has 1 rings (SSSR count). The van der Waals surface area contributed by atoms with Crippen LogP contribution in [0.2, 0.25) is 0 Å². The summed E-state index contributed by atoms with van der Waals surface area (Å²) in [6, 6.07) is 6.16. The number of aliphatic hydroxyl groups excluding tert-OH is 1. The molecule has 0 spiro atoms. The third kappa shape index (κ3) is 3.60. The van der Waals surface area contributed by atoms with Gasteiger partial charge in [0, 0.05) is 0 Å². The topological polar surface area (TPSA) is 72.8 Å². The summed E-state index contributed by atoms with van der Waals surface area (Å²) in [6.07, 6.45) is 0. The summed E-state index contributed by atoms with van der Waals surface area (Å²) >= 11 is 0. The Morgan fingerprint density at radius 3 is 2.40 bits per heavy atom. The first-order chi connectivity index (χ1) is 7.06. The van der Waals surface area contributed by atoms with Crippen LogP contribution in [0, 0.1) is 6.92 Å². The molecule has 0 aliphatic carbocycles. The van der Waals surface area contributed by atoms with E-state index in [0.717, 1.165) is 5.56 Å². The second-order valence-electron chi connectivity index (χ2n) is 2.88. The Hall–Kier alpha value is -0.950. The molecule has 1 aromatic rings. The van der Waals surface area contributed by atoms with Gasteiger partial charge in [-0.2, -0.15) is 8.42 Å². The number of rotatable bonds is 5. The lowest BCUT2D eigenvalue weighted by Gasteiger charge is -2.03. The van der Waals surface area contributed by atoms with Gasteiger partial charge in [0.1, 0.15) is 6.61 Å². The van der Waals surface area contributed by atoms with Crippen LogP contribution >= 0.6 is 0 Å². The highest BCUT2D eigenvalue weighted by atomic mass is 32.2. The van der Waals surface area contributed by atoms with Crippen molar-refractivity contribution in [3.63, 3.8) is 0 Å². The molecule has 1 aromatic carbocycles. The molecule has 0 unspecified atom stereocenters. The van der Waals surface area contributed by atoms with Crippen molar-refractivity contribution < 1.29 is 22.7 Å². The number of benzene rings is 1. The van der Waals surface area contributed by atoms with Gasteiger partial charge in [-0.1, -0.05) is 17.7 Å². The second-order valence-corrected chi connectivity index (χ2v) is 4.40. The van der Waals surface area contributed by atoms with Crippen LogP contribution in [0.5, 0.6) is 0 Å². The zero-order valence-electron chi connectivity index (χ0n) is 8.21. The van der Waals surface area contributed by atoms with Crippen molar-refractivity contribution in [1.82, 2.24) is 0 Å². The number of aliphatic hydroxyl groups is 1. The molecule has 0 fully saturated rings. The second kappa shape index (κ2) is 5.22. The fraction of sp³-hybridized carbons (Fsp3) is 0.333. The fourth-order valence-corrected chi connectivity index (χ4v) is 1.62. The molecule has 15 heavy (non-hydrogen) atoms. The SMILES string of the molecule is Cc1ccc(S(=O)(=O)OOCCO)cc1. The molecule has 0 atom stereocenters. The molecule has 5 nitrogen and oxygen atoms in total. The van der Waals surface area contributed by atoms with Crippen LogP contribution in [0.3, 0.4) is 0 Å².